The van der Waals surface area contributed by atoms with Gasteiger partial charge in [0, 0.05) is 13.2 Å². The number of aromatic nitrogens is 2. The normalized spacial score (nSPS) is 13.0. The molecule has 0 radical (unpaired) electrons. The molecule has 1 atom stereocenters. The van der Waals surface area contributed by atoms with Gasteiger partial charge in [-0.2, -0.15) is 13.2 Å². The summed E-state index contributed by atoms with van der Waals surface area (Å²) >= 11 is 0. The van der Waals surface area contributed by atoms with Crippen LogP contribution in [0.3, 0.4) is 0 Å². The lowest BCUT2D eigenvalue weighted by Gasteiger charge is -2.27. The number of alkyl halides is 3. The van der Waals surface area contributed by atoms with Crippen LogP contribution >= 0.6 is 0 Å². The molecule has 3 nitrogen and oxygen atoms in total. The van der Waals surface area contributed by atoms with Gasteiger partial charge in [0.1, 0.15) is 5.69 Å². The molecule has 0 aliphatic heterocycles. The highest BCUT2D eigenvalue weighted by Crippen LogP contribution is 2.30. The summed E-state index contributed by atoms with van der Waals surface area (Å²) < 4.78 is 38.3. The molecule has 0 aliphatic carbocycles. The van der Waals surface area contributed by atoms with E-state index in [4.69, 9.17) is 0 Å². The van der Waals surface area contributed by atoms with E-state index in [1.165, 1.54) is 0 Å². The summed E-state index contributed by atoms with van der Waals surface area (Å²) in [5.41, 5.74) is 2.34. The van der Waals surface area contributed by atoms with Crippen LogP contribution in [-0.2, 0) is 6.18 Å². The maximum atomic E-state index is 12.8. The van der Waals surface area contributed by atoms with E-state index in [1.54, 1.807) is 11.9 Å². The second kappa shape index (κ2) is 5.94. The van der Waals surface area contributed by atoms with Gasteiger partial charge in [0.15, 0.2) is 0 Å². The summed E-state index contributed by atoms with van der Waals surface area (Å²) in [7, 11) is 1.69. The SMILES string of the molecule is Cc1ccc(C(C)N(C)c2nccc(C(F)(F)F)n2)c(C)c1. The van der Waals surface area contributed by atoms with E-state index in [-0.39, 0.29) is 12.0 Å². The van der Waals surface area contributed by atoms with Crippen molar-refractivity contribution in [2.45, 2.75) is 33.0 Å². The first-order valence-electron chi connectivity index (χ1n) is 6.90. The Morgan fingerprint density at radius 1 is 1.14 bits per heavy atom. The van der Waals surface area contributed by atoms with Crippen LogP contribution < -0.4 is 4.90 Å². The lowest BCUT2D eigenvalue weighted by Crippen LogP contribution is -2.25. The van der Waals surface area contributed by atoms with Crippen LogP contribution in [-0.4, -0.2) is 17.0 Å². The van der Waals surface area contributed by atoms with E-state index in [0.717, 1.165) is 29.0 Å². The number of anilines is 1. The van der Waals surface area contributed by atoms with Gasteiger partial charge in [-0.05, 0) is 38.0 Å². The first-order valence-corrected chi connectivity index (χ1v) is 6.90. The summed E-state index contributed by atoms with van der Waals surface area (Å²) in [5, 5.41) is 0. The number of hydrogen-bond acceptors (Lipinski definition) is 3. The monoisotopic (exact) mass is 309 g/mol. The van der Waals surface area contributed by atoms with E-state index < -0.39 is 11.9 Å². The van der Waals surface area contributed by atoms with Crippen molar-refractivity contribution < 1.29 is 13.2 Å². The highest BCUT2D eigenvalue weighted by Gasteiger charge is 2.33. The van der Waals surface area contributed by atoms with Crippen molar-refractivity contribution >= 4 is 5.95 Å². The Bertz CT molecular complexity index is 668. The van der Waals surface area contributed by atoms with E-state index >= 15 is 0 Å². The molecule has 0 N–H and O–H groups in total. The predicted molar refractivity (Wildman–Crippen MR) is 79.8 cm³/mol. The molecule has 1 aromatic carbocycles. The minimum absolute atomic E-state index is 0.0577. The zero-order valence-corrected chi connectivity index (χ0v) is 12.9. The topological polar surface area (TPSA) is 29.0 Å². The molecule has 0 amide bonds. The van der Waals surface area contributed by atoms with Crippen molar-refractivity contribution in [1.29, 1.82) is 0 Å². The van der Waals surface area contributed by atoms with Crippen LogP contribution in [0.4, 0.5) is 19.1 Å². The average molecular weight is 309 g/mol. The number of aryl methyl sites for hydroxylation is 2. The predicted octanol–water partition coefficient (Wildman–Crippen LogP) is 4.31. The molecule has 1 heterocycles. The third-order valence-corrected chi connectivity index (χ3v) is 3.71. The molecule has 0 saturated heterocycles. The van der Waals surface area contributed by atoms with Crippen molar-refractivity contribution in [3.8, 4) is 0 Å². The summed E-state index contributed by atoms with van der Waals surface area (Å²) in [6, 6.07) is 6.76. The highest BCUT2D eigenvalue weighted by molar-refractivity contribution is 5.40. The van der Waals surface area contributed by atoms with Crippen LogP contribution in [0.15, 0.2) is 30.5 Å². The van der Waals surface area contributed by atoms with Gasteiger partial charge in [-0.25, -0.2) is 9.97 Å². The molecular weight excluding hydrogens is 291 g/mol. The molecule has 22 heavy (non-hydrogen) atoms. The zero-order chi connectivity index (χ0) is 16.5. The molecule has 0 spiro atoms. The molecule has 2 rings (SSSR count). The summed E-state index contributed by atoms with van der Waals surface area (Å²) in [5.74, 6) is 0.0577. The van der Waals surface area contributed by atoms with Crippen LogP contribution in [0.5, 0.6) is 0 Å². The van der Waals surface area contributed by atoms with Gasteiger partial charge in [0.25, 0.3) is 0 Å². The molecule has 0 aliphatic rings. The van der Waals surface area contributed by atoms with Gasteiger partial charge in [-0.15, -0.1) is 0 Å². The number of halogens is 3. The quantitative estimate of drug-likeness (QED) is 0.846. The van der Waals surface area contributed by atoms with Gasteiger partial charge in [-0.3, -0.25) is 0 Å². The van der Waals surface area contributed by atoms with E-state index in [2.05, 4.69) is 9.97 Å². The molecule has 0 saturated carbocycles. The van der Waals surface area contributed by atoms with Crippen molar-refractivity contribution in [2.75, 3.05) is 11.9 Å². The molecule has 0 fully saturated rings. The van der Waals surface area contributed by atoms with E-state index in [9.17, 15) is 13.2 Å². The van der Waals surface area contributed by atoms with Gasteiger partial charge < -0.3 is 4.90 Å². The smallest absolute Gasteiger partial charge is 0.337 e. The standard InChI is InChI=1S/C16H18F3N3/c1-10-5-6-13(11(2)9-10)12(3)22(4)15-20-8-7-14(21-15)16(17,18)19/h5-9,12H,1-4H3. The minimum Gasteiger partial charge on any atom is -0.337 e. The second-order valence-electron chi connectivity index (χ2n) is 5.39. The molecule has 118 valence electrons. The first kappa shape index (κ1) is 16.3. The molecule has 2 aromatic rings. The Kier molecular flexibility index (Phi) is 4.39. The Labute approximate surface area is 127 Å². The van der Waals surface area contributed by atoms with Gasteiger partial charge in [0.05, 0.1) is 6.04 Å². The fourth-order valence-corrected chi connectivity index (χ4v) is 2.35. The lowest BCUT2D eigenvalue weighted by molar-refractivity contribution is -0.141. The van der Waals surface area contributed by atoms with Gasteiger partial charge in [-0.1, -0.05) is 23.8 Å². The maximum absolute atomic E-state index is 12.8. The third kappa shape index (κ3) is 3.37. The van der Waals surface area contributed by atoms with Gasteiger partial charge >= 0.3 is 6.18 Å². The summed E-state index contributed by atoms with van der Waals surface area (Å²) in [4.78, 5) is 9.23. The lowest BCUT2D eigenvalue weighted by atomic mass is 10.00. The molecule has 1 unspecified atom stereocenters. The minimum atomic E-state index is -4.47. The van der Waals surface area contributed by atoms with Crippen molar-refractivity contribution in [3.05, 3.63) is 52.8 Å². The third-order valence-electron chi connectivity index (χ3n) is 3.71. The van der Waals surface area contributed by atoms with E-state index in [0.29, 0.717) is 0 Å². The fourth-order valence-electron chi connectivity index (χ4n) is 2.35. The van der Waals surface area contributed by atoms with Crippen LogP contribution in [0.1, 0.15) is 35.3 Å². The number of benzene rings is 1. The molecule has 6 heteroatoms. The fraction of sp³-hybridized carbons (Fsp3) is 0.375. The number of hydrogen-bond donors (Lipinski definition) is 0. The Morgan fingerprint density at radius 3 is 2.41 bits per heavy atom. The van der Waals surface area contributed by atoms with Crippen molar-refractivity contribution in [3.63, 3.8) is 0 Å². The van der Waals surface area contributed by atoms with Crippen molar-refractivity contribution in [1.82, 2.24) is 9.97 Å². The molecule has 1 aromatic heterocycles. The average Bonchev–Trinajstić information content (AvgIpc) is 2.45. The van der Waals surface area contributed by atoms with Gasteiger partial charge in [0.2, 0.25) is 5.95 Å². The van der Waals surface area contributed by atoms with Crippen LogP contribution in [0, 0.1) is 13.8 Å². The maximum Gasteiger partial charge on any atom is 0.433 e. The Balaban J connectivity index is 2.33. The largest absolute Gasteiger partial charge is 0.433 e. The molecular formula is C16H18F3N3. The Hall–Kier alpha value is -2.11. The molecule has 0 bridgehead atoms. The summed E-state index contributed by atoms with van der Waals surface area (Å²) in [6.07, 6.45) is -3.34. The number of nitrogens with zero attached hydrogens (tertiary/aromatic N) is 3. The zero-order valence-electron chi connectivity index (χ0n) is 12.9. The Morgan fingerprint density at radius 2 is 1.82 bits per heavy atom. The van der Waals surface area contributed by atoms with Crippen molar-refractivity contribution in [2.24, 2.45) is 0 Å². The van der Waals surface area contributed by atoms with Crippen LogP contribution in [0.25, 0.3) is 0 Å². The second-order valence-corrected chi connectivity index (χ2v) is 5.39. The summed E-state index contributed by atoms with van der Waals surface area (Å²) in [6.45, 7) is 5.90. The first-order chi connectivity index (χ1) is 10.2. The van der Waals surface area contributed by atoms with Crippen LogP contribution in [0.2, 0.25) is 0 Å². The number of rotatable bonds is 3. The highest BCUT2D eigenvalue weighted by atomic mass is 19.4. The van der Waals surface area contributed by atoms with E-state index in [1.807, 2.05) is 39.0 Å².